The van der Waals surface area contributed by atoms with Crippen LogP contribution < -0.4 is 14.4 Å². The van der Waals surface area contributed by atoms with E-state index in [2.05, 4.69) is 39.8 Å². The number of hydrogen-bond donors (Lipinski definition) is 2. The van der Waals surface area contributed by atoms with E-state index in [1.54, 1.807) is 26.4 Å². The molecule has 1 heterocycles. The van der Waals surface area contributed by atoms with Crippen molar-refractivity contribution in [1.82, 2.24) is 9.80 Å². The van der Waals surface area contributed by atoms with Crippen LogP contribution in [0.25, 0.3) is 0 Å². The molecule has 0 amide bonds. The number of anilines is 1. The van der Waals surface area contributed by atoms with E-state index in [1.807, 2.05) is 24.3 Å². The predicted octanol–water partition coefficient (Wildman–Crippen LogP) is 6.11. The molecule has 9 heteroatoms. The second-order valence-corrected chi connectivity index (χ2v) is 10.8. The van der Waals surface area contributed by atoms with Crippen LogP contribution in [0.2, 0.25) is 0 Å². The van der Waals surface area contributed by atoms with Crippen molar-refractivity contribution in [3.05, 3.63) is 76.9 Å². The van der Waals surface area contributed by atoms with Crippen LogP contribution in [0.1, 0.15) is 34.8 Å². The molecular weight excluding hydrogens is 549 g/mol. The molecule has 1 saturated heterocycles. The Morgan fingerprint density at radius 2 is 1.35 bits per heavy atom. The third-order valence-corrected chi connectivity index (χ3v) is 7.88. The molecule has 7 nitrogen and oxygen atoms in total. The molecule has 0 aromatic heterocycles. The summed E-state index contributed by atoms with van der Waals surface area (Å²) in [4.78, 5) is 6.97. The smallest absolute Gasteiger partial charge is 0.162 e. The molecule has 1 fully saturated rings. The molecular formula is C31H39Cl2N3O4. The molecule has 40 heavy (non-hydrogen) atoms. The summed E-state index contributed by atoms with van der Waals surface area (Å²) in [6, 6.07) is 17.7. The lowest BCUT2D eigenvalue weighted by Gasteiger charge is -2.45. The number of phenolic OH excluding ortho intramolecular Hbond substituents is 2. The Morgan fingerprint density at radius 3 is 1.80 bits per heavy atom. The first-order valence-electron chi connectivity index (χ1n) is 13.6. The van der Waals surface area contributed by atoms with E-state index in [1.165, 1.54) is 5.56 Å². The van der Waals surface area contributed by atoms with Gasteiger partial charge in [0.25, 0.3) is 0 Å². The lowest BCUT2D eigenvalue weighted by Crippen LogP contribution is -2.47. The van der Waals surface area contributed by atoms with Gasteiger partial charge in [0.1, 0.15) is 0 Å². The van der Waals surface area contributed by atoms with Crippen LogP contribution in [0.15, 0.2) is 54.6 Å². The van der Waals surface area contributed by atoms with Gasteiger partial charge in [0, 0.05) is 67.8 Å². The topological polar surface area (TPSA) is 68.6 Å². The van der Waals surface area contributed by atoms with Crippen LogP contribution >= 0.6 is 23.2 Å². The molecule has 3 aromatic rings. The number of phenols is 2. The van der Waals surface area contributed by atoms with Gasteiger partial charge in [-0.1, -0.05) is 30.3 Å². The first kappa shape index (κ1) is 30.1. The summed E-state index contributed by atoms with van der Waals surface area (Å²) in [7, 11) is 3.13. The first-order valence-corrected chi connectivity index (χ1v) is 14.6. The van der Waals surface area contributed by atoms with E-state index in [0.29, 0.717) is 36.3 Å². The Hall–Kier alpha value is -2.84. The zero-order chi connectivity index (χ0) is 28.6. The van der Waals surface area contributed by atoms with E-state index in [4.69, 9.17) is 32.7 Å². The van der Waals surface area contributed by atoms with Gasteiger partial charge in [-0.25, -0.2) is 0 Å². The van der Waals surface area contributed by atoms with Crippen molar-refractivity contribution >= 4 is 28.9 Å². The summed E-state index contributed by atoms with van der Waals surface area (Å²) < 4.78 is 10.7. The van der Waals surface area contributed by atoms with Crippen molar-refractivity contribution in [2.45, 2.75) is 32.6 Å². The Kier molecular flexibility index (Phi) is 10.7. The number of benzene rings is 3. The van der Waals surface area contributed by atoms with E-state index in [-0.39, 0.29) is 17.7 Å². The van der Waals surface area contributed by atoms with Gasteiger partial charge < -0.3 is 24.6 Å². The number of methoxy groups -OCH3 is 2. The number of rotatable bonds is 12. The van der Waals surface area contributed by atoms with Gasteiger partial charge in [-0.05, 0) is 48.7 Å². The fraction of sp³-hybridized carbons (Fsp3) is 0.419. The minimum absolute atomic E-state index is 0.0893. The number of ether oxygens (including phenoxy) is 2. The molecule has 1 aliphatic heterocycles. The summed E-state index contributed by atoms with van der Waals surface area (Å²) in [5.41, 5.74) is 5.02. The Morgan fingerprint density at radius 1 is 0.825 bits per heavy atom. The summed E-state index contributed by atoms with van der Waals surface area (Å²) in [5, 5.41) is 21.8. The zero-order valence-corrected chi connectivity index (χ0v) is 25.0. The highest BCUT2D eigenvalue weighted by Crippen LogP contribution is 2.39. The number of halogens is 2. The van der Waals surface area contributed by atoms with Gasteiger partial charge in [0.2, 0.25) is 0 Å². The van der Waals surface area contributed by atoms with Crippen molar-refractivity contribution in [3.63, 3.8) is 0 Å². The van der Waals surface area contributed by atoms with E-state index < -0.39 is 0 Å². The molecule has 0 atom stereocenters. The number of para-hydroxylation sites is 2. The van der Waals surface area contributed by atoms with Crippen molar-refractivity contribution in [2.75, 3.05) is 57.1 Å². The lowest BCUT2D eigenvalue weighted by molar-refractivity contribution is -0.0102. The Labute approximate surface area is 247 Å². The highest BCUT2D eigenvalue weighted by Gasteiger charge is 2.33. The van der Waals surface area contributed by atoms with Gasteiger partial charge in [0.15, 0.2) is 23.0 Å². The van der Waals surface area contributed by atoms with E-state index in [9.17, 15) is 10.2 Å². The highest BCUT2D eigenvalue weighted by molar-refractivity contribution is 6.18. The standard InChI is InChI=1S/C31H39Cl2N3O4/c1-22-19-25(34(17-13-32)18-14-33)11-12-26(22)31-35(20-23-7-4-9-27(39-2)29(23)37)15-6-16-36(31)21-24-8-5-10-28(40-3)30(24)38/h4-5,7-12,19,31,37-38H,6,13-18,20-21H2,1-3H3. The summed E-state index contributed by atoms with van der Waals surface area (Å²) in [5.74, 6) is 2.30. The largest absolute Gasteiger partial charge is 0.504 e. The number of alkyl halides is 2. The third kappa shape index (κ3) is 6.72. The Balaban J connectivity index is 1.74. The normalized spacial score (nSPS) is 14.8. The molecule has 0 aliphatic carbocycles. The minimum Gasteiger partial charge on any atom is -0.504 e. The molecule has 0 radical (unpaired) electrons. The molecule has 0 bridgehead atoms. The quantitative estimate of drug-likeness (QED) is 0.248. The van der Waals surface area contributed by atoms with Gasteiger partial charge in [-0.3, -0.25) is 9.80 Å². The van der Waals surface area contributed by atoms with Crippen LogP contribution in [-0.2, 0) is 13.1 Å². The molecule has 3 aromatic carbocycles. The number of hydrogen-bond acceptors (Lipinski definition) is 7. The van der Waals surface area contributed by atoms with Crippen molar-refractivity contribution in [2.24, 2.45) is 0 Å². The van der Waals surface area contributed by atoms with Crippen molar-refractivity contribution in [3.8, 4) is 23.0 Å². The fourth-order valence-corrected chi connectivity index (χ4v) is 5.96. The van der Waals surface area contributed by atoms with E-state index >= 15 is 0 Å². The molecule has 1 aliphatic rings. The maximum atomic E-state index is 10.9. The predicted molar refractivity (Wildman–Crippen MR) is 162 cm³/mol. The monoisotopic (exact) mass is 587 g/mol. The molecule has 0 spiro atoms. The minimum atomic E-state index is -0.0893. The van der Waals surface area contributed by atoms with Gasteiger partial charge in [0.05, 0.1) is 20.4 Å². The summed E-state index contributed by atoms with van der Waals surface area (Å²) in [6.07, 6.45) is 0.857. The van der Waals surface area contributed by atoms with Crippen LogP contribution in [0, 0.1) is 6.92 Å². The van der Waals surface area contributed by atoms with Crippen molar-refractivity contribution < 1.29 is 19.7 Å². The molecule has 0 unspecified atom stereocenters. The van der Waals surface area contributed by atoms with E-state index in [0.717, 1.165) is 55.0 Å². The second-order valence-electron chi connectivity index (χ2n) is 10.0. The highest BCUT2D eigenvalue weighted by atomic mass is 35.5. The lowest BCUT2D eigenvalue weighted by atomic mass is 9.99. The first-order chi connectivity index (χ1) is 19.4. The third-order valence-electron chi connectivity index (χ3n) is 7.54. The van der Waals surface area contributed by atoms with Crippen molar-refractivity contribution in [1.29, 1.82) is 0 Å². The molecule has 4 rings (SSSR count). The van der Waals surface area contributed by atoms with Crippen LogP contribution in [-0.4, -0.2) is 72.2 Å². The SMILES string of the molecule is COc1cccc(CN2CCCN(Cc3cccc(OC)c3O)C2c2ccc(N(CCCl)CCCl)cc2C)c1O. The second kappa shape index (κ2) is 14.2. The number of aromatic hydroxyl groups is 2. The van der Waals surface area contributed by atoms with Gasteiger partial charge in [-0.2, -0.15) is 0 Å². The zero-order valence-electron chi connectivity index (χ0n) is 23.4. The van der Waals surface area contributed by atoms with Gasteiger partial charge in [-0.15, -0.1) is 23.2 Å². The molecule has 0 saturated carbocycles. The maximum absolute atomic E-state index is 10.9. The van der Waals surface area contributed by atoms with Crippen LogP contribution in [0.4, 0.5) is 5.69 Å². The van der Waals surface area contributed by atoms with Gasteiger partial charge >= 0.3 is 0 Å². The van der Waals surface area contributed by atoms with Crippen LogP contribution in [0.3, 0.4) is 0 Å². The number of aryl methyl sites for hydroxylation is 1. The molecule has 216 valence electrons. The number of nitrogens with zero attached hydrogens (tertiary/aromatic N) is 3. The summed E-state index contributed by atoms with van der Waals surface area (Å²) >= 11 is 12.2. The average molecular weight is 589 g/mol. The average Bonchev–Trinajstić information content (AvgIpc) is 2.95. The molecule has 2 N–H and O–H groups in total. The Bertz CT molecular complexity index is 1210. The maximum Gasteiger partial charge on any atom is 0.162 e. The summed E-state index contributed by atoms with van der Waals surface area (Å²) in [6.45, 7) is 6.37. The van der Waals surface area contributed by atoms with Crippen LogP contribution in [0.5, 0.6) is 23.0 Å². The fourth-order valence-electron chi connectivity index (χ4n) is 5.55.